The van der Waals surface area contributed by atoms with Crippen LogP contribution in [0.2, 0.25) is 0 Å². The number of ether oxygens (including phenoxy) is 1. The van der Waals surface area contributed by atoms with Gasteiger partial charge in [-0.3, -0.25) is 9.36 Å². The van der Waals surface area contributed by atoms with Crippen molar-refractivity contribution in [3.05, 3.63) is 88.3 Å². The maximum Gasteiger partial charge on any atom is 0.407 e. The average Bonchev–Trinajstić information content (AvgIpc) is 2.79. The fourth-order valence-electron chi connectivity index (χ4n) is 4.39. The Morgan fingerprint density at radius 2 is 1.68 bits per heavy atom. The largest absolute Gasteiger partial charge is 0.482 e. The standard InChI is InChI=1S/C25H26N2O6S/c1-18-5-3-4-6-22(18)25(12-15-26(16-13-25)24(29)30)33-20-11-14-27(23(28)17-20)19-7-9-21(10-8-19)34(2,31)32/h3-11,14,17H,12-13,15-16H2,1-2H3,(H,29,30). The second-order valence-electron chi connectivity index (χ2n) is 8.52. The van der Waals surface area contributed by atoms with Crippen molar-refractivity contribution in [1.29, 1.82) is 0 Å². The number of sulfone groups is 1. The van der Waals surface area contributed by atoms with Crippen molar-refractivity contribution >= 4 is 15.9 Å². The molecule has 1 fully saturated rings. The van der Waals surface area contributed by atoms with Gasteiger partial charge < -0.3 is 14.7 Å². The molecule has 1 amide bonds. The average molecular weight is 483 g/mol. The summed E-state index contributed by atoms with van der Waals surface area (Å²) >= 11 is 0. The van der Waals surface area contributed by atoms with E-state index in [-0.39, 0.29) is 10.5 Å². The molecule has 4 rings (SSSR count). The molecular formula is C25H26N2O6S. The van der Waals surface area contributed by atoms with Gasteiger partial charge in [-0.15, -0.1) is 0 Å². The number of rotatable bonds is 5. The normalized spacial score (nSPS) is 15.6. The number of aryl methyl sites for hydroxylation is 1. The van der Waals surface area contributed by atoms with Crippen LogP contribution in [0.3, 0.4) is 0 Å². The van der Waals surface area contributed by atoms with Crippen LogP contribution in [0.25, 0.3) is 5.69 Å². The van der Waals surface area contributed by atoms with E-state index in [1.165, 1.54) is 27.7 Å². The van der Waals surface area contributed by atoms with Crippen LogP contribution in [0, 0.1) is 6.92 Å². The highest BCUT2D eigenvalue weighted by Gasteiger charge is 2.40. The van der Waals surface area contributed by atoms with Crippen LogP contribution in [-0.4, -0.2) is 48.4 Å². The van der Waals surface area contributed by atoms with Gasteiger partial charge in [-0.25, -0.2) is 13.2 Å². The van der Waals surface area contributed by atoms with E-state index in [0.29, 0.717) is 37.4 Å². The lowest BCUT2D eigenvalue weighted by Crippen LogP contribution is -2.48. The summed E-state index contributed by atoms with van der Waals surface area (Å²) in [6.45, 7) is 2.64. The molecule has 1 saturated heterocycles. The third-order valence-corrected chi connectivity index (χ3v) is 7.35. The molecule has 9 heteroatoms. The molecule has 1 aliphatic rings. The molecule has 1 aliphatic heterocycles. The quantitative estimate of drug-likeness (QED) is 0.596. The molecule has 1 N–H and O–H groups in total. The Hall–Kier alpha value is -3.59. The number of carboxylic acid groups (broad SMARTS) is 1. The molecule has 0 bridgehead atoms. The monoisotopic (exact) mass is 482 g/mol. The summed E-state index contributed by atoms with van der Waals surface area (Å²) in [5.74, 6) is 0.390. The molecule has 3 aromatic rings. The number of carbonyl (C=O) groups is 1. The second kappa shape index (κ2) is 8.98. The molecular weight excluding hydrogens is 456 g/mol. The lowest BCUT2D eigenvalue weighted by Gasteiger charge is -2.42. The molecule has 0 spiro atoms. The van der Waals surface area contributed by atoms with Gasteiger partial charge in [0.25, 0.3) is 5.56 Å². The third kappa shape index (κ3) is 4.70. The summed E-state index contributed by atoms with van der Waals surface area (Å²) in [4.78, 5) is 25.9. The number of piperidine rings is 1. The SMILES string of the molecule is Cc1ccccc1C1(Oc2ccn(-c3ccc(S(C)(=O)=O)cc3)c(=O)c2)CCN(C(=O)O)CC1. The van der Waals surface area contributed by atoms with Crippen LogP contribution in [0.15, 0.2) is 76.6 Å². The molecule has 0 atom stereocenters. The van der Waals surface area contributed by atoms with Crippen molar-refractivity contribution in [2.45, 2.75) is 30.3 Å². The summed E-state index contributed by atoms with van der Waals surface area (Å²) < 4.78 is 31.2. The van der Waals surface area contributed by atoms with Gasteiger partial charge in [0.1, 0.15) is 11.4 Å². The Kier molecular flexibility index (Phi) is 6.22. The molecule has 0 aliphatic carbocycles. The van der Waals surface area contributed by atoms with Crippen LogP contribution in [0.5, 0.6) is 5.75 Å². The first-order chi connectivity index (χ1) is 16.1. The van der Waals surface area contributed by atoms with Gasteiger partial charge in [0.05, 0.1) is 4.90 Å². The molecule has 0 radical (unpaired) electrons. The zero-order valence-corrected chi connectivity index (χ0v) is 19.8. The van der Waals surface area contributed by atoms with Gasteiger partial charge in [0.2, 0.25) is 0 Å². The summed E-state index contributed by atoms with van der Waals surface area (Å²) in [5, 5.41) is 9.37. The number of nitrogens with zero attached hydrogens (tertiary/aromatic N) is 2. The summed E-state index contributed by atoms with van der Waals surface area (Å²) in [6.07, 6.45) is 2.68. The number of hydrogen-bond donors (Lipinski definition) is 1. The smallest absolute Gasteiger partial charge is 0.407 e. The fraction of sp³-hybridized carbons (Fsp3) is 0.280. The number of hydrogen-bond acceptors (Lipinski definition) is 5. The molecule has 2 heterocycles. The van der Waals surface area contributed by atoms with Gasteiger partial charge in [-0.2, -0.15) is 0 Å². The number of benzene rings is 2. The van der Waals surface area contributed by atoms with Gasteiger partial charge in [0.15, 0.2) is 9.84 Å². The summed E-state index contributed by atoms with van der Waals surface area (Å²) in [6, 6.07) is 17.0. The third-order valence-electron chi connectivity index (χ3n) is 6.22. The van der Waals surface area contributed by atoms with Crippen LogP contribution in [0.4, 0.5) is 4.79 Å². The van der Waals surface area contributed by atoms with Crippen LogP contribution in [0.1, 0.15) is 24.0 Å². The lowest BCUT2D eigenvalue weighted by molar-refractivity contribution is 0.000562. The Morgan fingerprint density at radius 3 is 2.24 bits per heavy atom. The van der Waals surface area contributed by atoms with E-state index in [2.05, 4.69) is 0 Å². The fourth-order valence-corrected chi connectivity index (χ4v) is 5.02. The zero-order valence-electron chi connectivity index (χ0n) is 19.0. The Morgan fingerprint density at radius 1 is 1.03 bits per heavy atom. The van der Waals surface area contributed by atoms with Crippen molar-refractivity contribution < 1.29 is 23.1 Å². The van der Waals surface area contributed by atoms with E-state index in [0.717, 1.165) is 17.4 Å². The van der Waals surface area contributed by atoms with Crippen molar-refractivity contribution in [3.8, 4) is 11.4 Å². The van der Waals surface area contributed by atoms with Crippen molar-refractivity contribution in [1.82, 2.24) is 9.47 Å². The van der Waals surface area contributed by atoms with Gasteiger partial charge in [-0.1, -0.05) is 24.3 Å². The van der Waals surface area contributed by atoms with Crippen molar-refractivity contribution in [2.24, 2.45) is 0 Å². The maximum atomic E-state index is 12.9. The summed E-state index contributed by atoms with van der Waals surface area (Å²) in [7, 11) is -3.33. The first-order valence-corrected chi connectivity index (χ1v) is 12.7. The Labute approximate surface area is 198 Å². The topological polar surface area (TPSA) is 106 Å². The van der Waals surface area contributed by atoms with Crippen molar-refractivity contribution in [3.63, 3.8) is 0 Å². The molecule has 34 heavy (non-hydrogen) atoms. The predicted molar refractivity (Wildman–Crippen MR) is 127 cm³/mol. The molecule has 1 aromatic heterocycles. The number of likely N-dealkylation sites (tertiary alicyclic amines) is 1. The second-order valence-corrected chi connectivity index (χ2v) is 10.5. The minimum absolute atomic E-state index is 0.178. The first kappa shape index (κ1) is 23.6. The Balaban J connectivity index is 1.65. The van der Waals surface area contributed by atoms with E-state index in [9.17, 15) is 23.1 Å². The van der Waals surface area contributed by atoms with Gasteiger partial charge in [-0.05, 0) is 48.4 Å². The minimum atomic E-state index is -3.33. The molecule has 0 saturated carbocycles. The summed E-state index contributed by atoms with van der Waals surface area (Å²) in [5.41, 5.74) is 1.46. The van der Waals surface area contributed by atoms with E-state index >= 15 is 0 Å². The van der Waals surface area contributed by atoms with Crippen LogP contribution >= 0.6 is 0 Å². The van der Waals surface area contributed by atoms with Crippen LogP contribution < -0.4 is 10.3 Å². The molecule has 0 unspecified atom stereocenters. The predicted octanol–water partition coefficient (Wildman–Crippen LogP) is 3.60. The zero-order chi connectivity index (χ0) is 24.5. The van der Waals surface area contributed by atoms with E-state index in [1.807, 2.05) is 31.2 Å². The molecule has 178 valence electrons. The first-order valence-electron chi connectivity index (χ1n) is 10.9. The van der Waals surface area contributed by atoms with E-state index in [4.69, 9.17) is 4.74 Å². The highest BCUT2D eigenvalue weighted by atomic mass is 32.2. The highest BCUT2D eigenvalue weighted by Crippen LogP contribution is 2.39. The van der Waals surface area contributed by atoms with Crippen LogP contribution in [-0.2, 0) is 15.4 Å². The molecule has 2 aromatic carbocycles. The number of amides is 1. The maximum absolute atomic E-state index is 12.9. The Bertz CT molecular complexity index is 1370. The van der Waals surface area contributed by atoms with E-state index in [1.54, 1.807) is 24.4 Å². The minimum Gasteiger partial charge on any atom is -0.482 e. The van der Waals surface area contributed by atoms with Gasteiger partial charge in [0, 0.05) is 50.1 Å². The van der Waals surface area contributed by atoms with Crippen molar-refractivity contribution in [2.75, 3.05) is 19.3 Å². The number of pyridine rings is 1. The van der Waals surface area contributed by atoms with E-state index < -0.39 is 21.5 Å². The lowest BCUT2D eigenvalue weighted by atomic mass is 9.82. The number of aromatic nitrogens is 1. The highest BCUT2D eigenvalue weighted by molar-refractivity contribution is 7.90. The molecule has 8 nitrogen and oxygen atoms in total. The van der Waals surface area contributed by atoms with Gasteiger partial charge >= 0.3 is 6.09 Å².